The fourth-order valence-electron chi connectivity index (χ4n) is 1.71. The summed E-state index contributed by atoms with van der Waals surface area (Å²) in [6, 6.07) is 5.18. The van der Waals surface area contributed by atoms with Crippen molar-refractivity contribution in [3.05, 3.63) is 29.3 Å². The Balaban J connectivity index is 2.31. The van der Waals surface area contributed by atoms with Crippen LogP contribution in [0.3, 0.4) is 0 Å². The minimum Gasteiger partial charge on any atom is -0.492 e. The van der Waals surface area contributed by atoms with Crippen molar-refractivity contribution in [2.24, 2.45) is 0 Å². The molecule has 0 saturated heterocycles. The van der Waals surface area contributed by atoms with Crippen molar-refractivity contribution in [2.75, 3.05) is 20.2 Å². The highest BCUT2D eigenvalue weighted by Gasteiger charge is 2.14. The number of amides is 1. The molecule has 0 atom stereocenters. The van der Waals surface area contributed by atoms with Gasteiger partial charge in [-0.3, -0.25) is 14.9 Å². The van der Waals surface area contributed by atoms with Gasteiger partial charge in [-0.25, -0.2) is 5.48 Å². The van der Waals surface area contributed by atoms with Crippen molar-refractivity contribution in [3.8, 4) is 5.75 Å². The van der Waals surface area contributed by atoms with E-state index in [1.54, 1.807) is 17.6 Å². The molecule has 0 unspecified atom stereocenters. The molecule has 1 heterocycles. The summed E-state index contributed by atoms with van der Waals surface area (Å²) in [6.45, 7) is 2.26. The first-order chi connectivity index (χ1) is 7.70. The predicted molar refractivity (Wildman–Crippen MR) is 57.5 cm³/mol. The maximum atomic E-state index is 11.2. The Labute approximate surface area is 93.6 Å². The third-order valence-corrected chi connectivity index (χ3v) is 2.60. The van der Waals surface area contributed by atoms with Crippen molar-refractivity contribution in [1.82, 2.24) is 10.4 Å². The summed E-state index contributed by atoms with van der Waals surface area (Å²) in [5, 5.41) is 8.54. The number of hydroxylamine groups is 1. The van der Waals surface area contributed by atoms with Gasteiger partial charge in [0.1, 0.15) is 12.4 Å². The Morgan fingerprint density at radius 3 is 3.12 bits per heavy atom. The molecule has 2 rings (SSSR count). The molecule has 1 amide bonds. The molecular weight excluding hydrogens is 208 g/mol. The Kier molecular flexibility index (Phi) is 3.07. The topological polar surface area (TPSA) is 61.8 Å². The lowest BCUT2D eigenvalue weighted by molar-refractivity contribution is 0.0706. The van der Waals surface area contributed by atoms with E-state index in [0.717, 1.165) is 18.7 Å². The van der Waals surface area contributed by atoms with E-state index in [0.29, 0.717) is 17.9 Å². The second kappa shape index (κ2) is 4.51. The molecule has 2 N–H and O–H groups in total. The summed E-state index contributed by atoms with van der Waals surface area (Å²) in [5.41, 5.74) is 3.05. The average molecular weight is 222 g/mol. The Morgan fingerprint density at radius 2 is 2.38 bits per heavy atom. The van der Waals surface area contributed by atoms with Gasteiger partial charge in [-0.2, -0.15) is 0 Å². The Bertz CT molecular complexity index is 406. The highest BCUT2D eigenvalue weighted by Crippen LogP contribution is 2.23. The first kappa shape index (κ1) is 10.9. The van der Waals surface area contributed by atoms with Crippen molar-refractivity contribution >= 4 is 5.91 Å². The molecule has 1 aromatic carbocycles. The van der Waals surface area contributed by atoms with Crippen LogP contribution in [-0.4, -0.2) is 36.2 Å². The zero-order chi connectivity index (χ0) is 11.5. The van der Waals surface area contributed by atoms with Crippen LogP contribution < -0.4 is 10.2 Å². The van der Waals surface area contributed by atoms with Gasteiger partial charge in [-0.1, -0.05) is 6.07 Å². The number of likely N-dealkylation sites (N-methyl/N-ethyl adjacent to an activating group) is 1. The van der Waals surface area contributed by atoms with Crippen LogP contribution in [0.5, 0.6) is 5.75 Å². The van der Waals surface area contributed by atoms with Crippen molar-refractivity contribution in [1.29, 1.82) is 0 Å². The van der Waals surface area contributed by atoms with Crippen LogP contribution in [0, 0.1) is 0 Å². The number of nitrogens with one attached hydrogen (secondary N) is 1. The quantitative estimate of drug-likeness (QED) is 0.540. The van der Waals surface area contributed by atoms with E-state index in [1.165, 1.54) is 0 Å². The molecule has 0 aromatic heterocycles. The fourth-order valence-corrected chi connectivity index (χ4v) is 1.71. The second-order valence-corrected chi connectivity index (χ2v) is 3.85. The van der Waals surface area contributed by atoms with E-state index in [2.05, 4.69) is 4.90 Å². The molecule has 1 aromatic rings. The molecule has 0 fully saturated rings. The van der Waals surface area contributed by atoms with Crippen LogP contribution in [-0.2, 0) is 6.54 Å². The largest absolute Gasteiger partial charge is 0.492 e. The number of hydrogen-bond acceptors (Lipinski definition) is 4. The maximum absolute atomic E-state index is 11.2. The monoisotopic (exact) mass is 222 g/mol. The van der Waals surface area contributed by atoms with Crippen molar-refractivity contribution in [2.45, 2.75) is 6.54 Å². The van der Waals surface area contributed by atoms with Gasteiger partial charge in [0.2, 0.25) is 0 Å². The van der Waals surface area contributed by atoms with Crippen LogP contribution in [0.25, 0.3) is 0 Å². The molecule has 0 saturated carbocycles. The number of benzene rings is 1. The normalized spacial score (nSPS) is 15.9. The average Bonchev–Trinajstić information content (AvgIpc) is 2.47. The lowest BCUT2D eigenvalue weighted by Gasteiger charge is -2.11. The Hall–Kier alpha value is -1.59. The molecule has 5 heteroatoms. The highest BCUT2D eigenvalue weighted by atomic mass is 16.5. The van der Waals surface area contributed by atoms with Crippen LogP contribution in [0.2, 0.25) is 0 Å². The molecule has 0 radical (unpaired) electrons. The van der Waals surface area contributed by atoms with Gasteiger partial charge in [-0.05, 0) is 19.2 Å². The van der Waals surface area contributed by atoms with E-state index < -0.39 is 5.91 Å². The lowest BCUT2D eigenvalue weighted by Crippen LogP contribution is -2.20. The molecule has 0 aliphatic carbocycles. The molecule has 86 valence electrons. The van der Waals surface area contributed by atoms with Gasteiger partial charge in [0.15, 0.2) is 0 Å². The minimum absolute atomic E-state index is 0.394. The summed E-state index contributed by atoms with van der Waals surface area (Å²) in [5.74, 6) is 0.189. The summed E-state index contributed by atoms with van der Waals surface area (Å²) in [4.78, 5) is 13.4. The van der Waals surface area contributed by atoms with E-state index in [-0.39, 0.29) is 0 Å². The van der Waals surface area contributed by atoms with Gasteiger partial charge >= 0.3 is 0 Å². The van der Waals surface area contributed by atoms with Crippen LogP contribution in [0.1, 0.15) is 15.9 Å². The molecule has 5 nitrogen and oxygen atoms in total. The molecule has 1 aliphatic heterocycles. The maximum Gasteiger partial charge on any atom is 0.274 e. The number of rotatable bonds is 1. The van der Waals surface area contributed by atoms with Crippen molar-refractivity contribution < 1.29 is 14.7 Å². The number of hydrogen-bond donors (Lipinski definition) is 2. The van der Waals surface area contributed by atoms with Gasteiger partial charge in [-0.15, -0.1) is 0 Å². The van der Waals surface area contributed by atoms with Crippen LogP contribution in [0.4, 0.5) is 0 Å². The summed E-state index contributed by atoms with van der Waals surface area (Å²) in [7, 11) is 2.02. The van der Waals surface area contributed by atoms with E-state index in [4.69, 9.17) is 9.94 Å². The summed E-state index contributed by atoms with van der Waals surface area (Å²) < 4.78 is 5.55. The zero-order valence-corrected chi connectivity index (χ0v) is 9.06. The van der Waals surface area contributed by atoms with E-state index in [1.807, 2.05) is 13.1 Å². The third kappa shape index (κ3) is 2.15. The smallest absolute Gasteiger partial charge is 0.274 e. The number of carbonyl (C=O) groups excluding carboxylic acids is 1. The minimum atomic E-state index is -0.524. The number of fused-ring (bicyclic) bond motifs is 1. The number of nitrogens with zero attached hydrogens (tertiary/aromatic N) is 1. The van der Waals surface area contributed by atoms with E-state index >= 15 is 0 Å². The first-order valence-corrected chi connectivity index (χ1v) is 5.09. The first-order valence-electron chi connectivity index (χ1n) is 5.09. The standard InChI is InChI=1S/C11H14N2O3/c1-13-4-5-16-10-6-8(11(14)12-15)2-3-9(10)7-13/h2-3,6,15H,4-5,7H2,1H3,(H,12,14). The third-order valence-electron chi connectivity index (χ3n) is 2.60. The van der Waals surface area contributed by atoms with Crippen molar-refractivity contribution in [3.63, 3.8) is 0 Å². The molecular formula is C11H14N2O3. The van der Waals surface area contributed by atoms with Crippen LogP contribution in [0.15, 0.2) is 18.2 Å². The van der Waals surface area contributed by atoms with Gasteiger partial charge in [0, 0.05) is 24.2 Å². The summed E-state index contributed by atoms with van der Waals surface area (Å²) >= 11 is 0. The molecule has 0 spiro atoms. The predicted octanol–water partition coefficient (Wildman–Crippen LogP) is 0.630. The number of carbonyl (C=O) groups is 1. The molecule has 0 bridgehead atoms. The summed E-state index contributed by atoms with van der Waals surface area (Å²) in [6.07, 6.45) is 0. The van der Waals surface area contributed by atoms with Gasteiger partial charge in [0.05, 0.1) is 0 Å². The van der Waals surface area contributed by atoms with Gasteiger partial charge in [0.25, 0.3) is 5.91 Å². The second-order valence-electron chi connectivity index (χ2n) is 3.85. The fraction of sp³-hybridized carbons (Fsp3) is 0.364. The number of ether oxygens (including phenoxy) is 1. The van der Waals surface area contributed by atoms with Gasteiger partial charge < -0.3 is 4.74 Å². The van der Waals surface area contributed by atoms with E-state index in [9.17, 15) is 4.79 Å². The lowest BCUT2D eigenvalue weighted by atomic mass is 10.1. The highest BCUT2D eigenvalue weighted by molar-refractivity contribution is 5.93. The molecule has 16 heavy (non-hydrogen) atoms. The Morgan fingerprint density at radius 1 is 1.56 bits per heavy atom. The van der Waals surface area contributed by atoms with Crippen LogP contribution >= 0.6 is 0 Å². The zero-order valence-electron chi connectivity index (χ0n) is 9.06. The SMILES string of the molecule is CN1CCOc2cc(C(=O)NO)ccc2C1. The molecule has 1 aliphatic rings.